The van der Waals surface area contributed by atoms with Gasteiger partial charge >= 0.3 is 126 Å². The molecule has 0 aromatic carbocycles. The molecule has 19 heavy (non-hydrogen) atoms. The average molecular weight is 334 g/mol. The quantitative estimate of drug-likeness (QED) is 0.570. The Labute approximate surface area is 126 Å². The molecule has 106 valence electrons. The minimum atomic E-state index is -1.56. The summed E-state index contributed by atoms with van der Waals surface area (Å²) in [6.07, 6.45) is 0. The second kappa shape index (κ2) is 4.15. The van der Waals surface area contributed by atoms with Crippen molar-refractivity contribution in [2.45, 2.75) is 76.5 Å². The van der Waals surface area contributed by atoms with E-state index < -0.39 is 24.7 Å². The Balaban J connectivity index is 2.72. The van der Waals surface area contributed by atoms with Crippen molar-refractivity contribution in [3.63, 3.8) is 0 Å². The van der Waals surface area contributed by atoms with E-state index in [1.807, 2.05) is 5.20 Å². The molecule has 1 atom stereocenters. The van der Waals surface area contributed by atoms with E-state index in [1.54, 1.807) is 16.7 Å². The second-order valence-corrected chi connectivity index (χ2v) is 19.8. The molecule has 1 unspecified atom stereocenters. The molecule has 0 spiro atoms. The third-order valence-corrected chi connectivity index (χ3v) is 24.9. The van der Waals surface area contributed by atoms with E-state index in [9.17, 15) is 0 Å². The summed E-state index contributed by atoms with van der Waals surface area (Å²) >= 11 is -1.56. The van der Waals surface area contributed by atoms with Gasteiger partial charge in [-0.1, -0.05) is 0 Å². The first kappa shape index (κ1) is 15.7. The summed E-state index contributed by atoms with van der Waals surface area (Å²) in [5.74, 6) is 0. The molecule has 1 heterocycles. The standard InChI is InChI=1S/C15H27NSi.CH3.Ga/c1-10-11(2)13(4)14(12(10)3)17(8,9)16-15(5,6)7;;/h1-9H3;1H3;/q-1;;+1. The van der Waals surface area contributed by atoms with Gasteiger partial charge in [-0.15, -0.1) is 0 Å². The van der Waals surface area contributed by atoms with Gasteiger partial charge in [-0.2, -0.15) is 0 Å². The van der Waals surface area contributed by atoms with Gasteiger partial charge in [0.1, 0.15) is 0 Å². The fraction of sp³-hybridized carbons (Fsp3) is 0.750. The summed E-state index contributed by atoms with van der Waals surface area (Å²) in [5, 5.41) is 1.87. The molecule has 0 amide bonds. The molecule has 0 aromatic rings. The van der Waals surface area contributed by atoms with Gasteiger partial charge < -0.3 is 0 Å². The number of nitrogens with zero attached hydrogens (tertiary/aromatic N) is 1. The molecule has 1 nitrogen and oxygen atoms in total. The minimum absolute atomic E-state index is 0.337. The van der Waals surface area contributed by atoms with Crippen LogP contribution in [-0.2, 0) is 0 Å². The Morgan fingerprint density at radius 2 is 1.53 bits per heavy atom. The molecule has 0 N–H and O–H groups in total. The summed E-state index contributed by atoms with van der Waals surface area (Å²) in [4.78, 5) is 0. The molecule has 0 aromatic heterocycles. The summed E-state index contributed by atoms with van der Waals surface area (Å²) < 4.78 is 3.51. The number of fused-ring (bicyclic) bond motifs is 1. The van der Waals surface area contributed by atoms with Crippen molar-refractivity contribution in [1.82, 2.24) is 3.27 Å². The molecule has 1 saturated heterocycles. The van der Waals surface area contributed by atoms with Crippen LogP contribution >= 0.6 is 0 Å². The van der Waals surface area contributed by atoms with Crippen LogP contribution in [0.25, 0.3) is 0 Å². The first-order chi connectivity index (χ1) is 8.37. The summed E-state index contributed by atoms with van der Waals surface area (Å²) in [7, 11) is -1.46. The van der Waals surface area contributed by atoms with Gasteiger partial charge in [0.2, 0.25) is 0 Å². The number of allylic oxidation sites excluding steroid dienone is 4. The summed E-state index contributed by atoms with van der Waals surface area (Å²) in [6, 6.07) is 0. The molecule has 2 aliphatic rings. The van der Waals surface area contributed by atoms with Crippen LogP contribution < -0.4 is 0 Å². The van der Waals surface area contributed by atoms with Crippen molar-refractivity contribution in [3.8, 4) is 0 Å². The normalized spacial score (nSPS) is 31.6. The fourth-order valence-electron chi connectivity index (χ4n) is 5.33. The van der Waals surface area contributed by atoms with E-state index in [0.717, 1.165) is 0 Å². The third kappa shape index (κ3) is 1.78. The Morgan fingerprint density at radius 1 is 1.05 bits per heavy atom. The zero-order valence-electron chi connectivity index (χ0n) is 14.5. The van der Waals surface area contributed by atoms with Gasteiger partial charge in [0, 0.05) is 0 Å². The van der Waals surface area contributed by atoms with Crippen LogP contribution in [0.4, 0.5) is 0 Å². The van der Waals surface area contributed by atoms with Crippen molar-refractivity contribution in [3.05, 3.63) is 21.9 Å². The molecule has 1 aliphatic carbocycles. The van der Waals surface area contributed by atoms with Gasteiger partial charge in [-0.05, 0) is 0 Å². The van der Waals surface area contributed by atoms with Crippen LogP contribution in [0.1, 0.15) is 48.5 Å². The maximum absolute atomic E-state index is 3.04. The maximum atomic E-state index is 3.04. The van der Waals surface area contributed by atoms with Gasteiger partial charge in [-0.3, -0.25) is 0 Å². The Bertz CT molecular complexity index is 495. The van der Waals surface area contributed by atoms with Gasteiger partial charge in [0.05, 0.1) is 0 Å². The van der Waals surface area contributed by atoms with E-state index in [2.05, 4.69) is 70.3 Å². The molecule has 1 aliphatic heterocycles. The van der Waals surface area contributed by atoms with Gasteiger partial charge in [0.15, 0.2) is 0 Å². The van der Waals surface area contributed by atoms with E-state index >= 15 is 0 Å². The molecule has 0 radical (unpaired) electrons. The Kier molecular flexibility index (Phi) is 3.43. The van der Waals surface area contributed by atoms with E-state index in [-0.39, 0.29) is 0 Å². The van der Waals surface area contributed by atoms with Crippen LogP contribution in [0.15, 0.2) is 21.9 Å². The molecule has 3 heteroatoms. The number of hydrogen-bond donors (Lipinski definition) is 0. The topological polar surface area (TPSA) is 3.24 Å². The van der Waals surface area contributed by atoms with Crippen LogP contribution in [0.2, 0.25) is 22.5 Å². The fourth-order valence-corrected chi connectivity index (χ4v) is 29.0. The molecule has 0 bridgehead atoms. The molecule has 1 fully saturated rings. The van der Waals surface area contributed by atoms with Crippen LogP contribution in [0.3, 0.4) is 0 Å². The van der Waals surface area contributed by atoms with E-state index in [4.69, 9.17) is 0 Å². The Morgan fingerprint density at radius 3 is 1.89 bits per heavy atom. The molecule has 0 saturated carbocycles. The second-order valence-electron chi connectivity index (χ2n) is 8.23. The zero-order chi connectivity index (χ0) is 15.0. The predicted octanol–water partition coefficient (Wildman–Crippen LogP) is 4.89. The van der Waals surface area contributed by atoms with Crippen molar-refractivity contribution < 1.29 is 0 Å². The third-order valence-electron chi connectivity index (χ3n) is 5.96. The summed E-state index contributed by atoms with van der Waals surface area (Å²) in [6.45, 7) is 22.2. The zero-order valence-corrected chi connectivity index (χ0v) is 17.9. The first-order valence-corrected chi connectivity index (χ1v) is 15.2. The number of rotatable bonds is 0. The average Bonchev–Trinajstić information content (AvgIpc) is 2.49. The van der Waals surface area contributed by atoms with Crippen molar-refractivity contribution >= 4 is 24.7 Å². The molecular formula is C16H30GaNSi. The van der Waals surface area contributed by atoms with Gasteiger partial charge in [0.25, 0.3) is 0 Å². The van der Waals surface area contributed by atoms with Gasteiger partial charge in [-0.25, -0.2) is 0 Å². The van der Waals surface area contributed by atoms with Crippen molar-refractivity contribution in [2.24, 2.45) is 0 Å². The molecular weight excluding hydrogens is 304 g/mol. The van der Waals surface area contributed by atoms with Crippen LogP contribution in [0.5, 0.6) is 0 Å². The Hall–Kier alpha value is 0.293. The summed E-state index contributed by atoms with van der Waals surface area (Å²) in [5.41, 5.74) is 7.91. The predicted molar refractivity (Wildman–Crippen MR) is 90.1 cm³/mol. The SMILES string of the molecule is CC1=C(C)[C]2(C)C(=C1C)[Si](C)(C)[N](C(C)(C)C)[Ga]2[CH3]. The molecule has 2 rings (SSSR count). The van der Waals surface area contributed by atoms with Crippen molar-refractivity contribution in [2.75, 3.05) is 0 Å². The van der Waals surface area contributed by atoms with E-state index in [1.165, 1.54) is 0 Å². The van der Waals surface area contributed by atoms with Crippen molar-refractivity contribution in [1.29, 1.82) is 0 Å². The number of hydrogen-bond acceptors (Lipinski definition) is 1. The monoisotopic (exact) mass is 333 g/mol. The van der Waals surface area contributed by atoms with Crippen LogP contribution in [0, 0.1) is 0 Å². The van der Waals surface area contributed by atoms with Crippen LogP contribution in [-0.4, -0.2) is 33.5 Å². The van der Waals surface area contributed by atoms with E-state index in [0.29, 0.717) is 9.51 Å². The first-order valence-electron chi connectivity index (χ1n) is 7.57.